The van der Waals surface area contributed by atoms with E-state index in [1.807, 2.05) is 42.5 Å². The standard InChI is InChI=1S/C44H32N4.C7H8/c45-44-43(46-34-19-9-3-10-20-34)39-29-41-38(28-42(39)48(44)35-21-11-4-12-22-35)37-23-13-14-24-40(37)47(41)36-26-32(30-15-5-1-6-16-30)25-33(27-36)31-17-7-2-8-18-31;1-7-5-3-2-4-6-7/h1-29,46H,45H2;2-6H,1H3. The molecule has 264 valence electrons. The highest BCUT2D eigenvalue weighted by Gasteiger charge is 2.21. The molecule has 0 bridgehead atoms. The minimum atomic E-state index is 0.668. The van der Waals surface area contributed by atoms with Crippen molar-refractivity contribution in [2.75, 3.05) is 11.1 Å². The molecule has 4 heteroatoms. The molecule has 0 saturated carbocycles. The quantitative estimate of drug-likeness (QED) is 0.181. The van der Waals surface area contributed by atoms with Crippen molar-refractivity contribution < 1.29 is 0 Å². The number of nitrogen functional groups attached to an aromatic ring is 1. The fourth-order valence-corrected chi connectivity index (χ4v) is 7.57. The van der Waals surface area contributed by atoms with Gasteiger partial charge in [0.05, 0.1) is 22.2 Å². The average Bonchev–Trinajstić information content (AvgIpc) is 3.71. The molecule has 0 saturated heterocycles. The van der Waals surface area contributed by atoms with Gasteiger partial charge in [-0.3, -0.25) is 4.57 Å². The molecule has 10 aromatic rings. The van der Waals surface area contributed by atoms with Gasteiger partial charge in [0.1, 0.15) is 5.82 Å². The second kappa shape index (κ2) is 14.6. The fourth-order valence-electron chi connectivity index (χ4n) is 7.57. The Bertz CT molecular complexity index is 2820. The number of benzene rings is 8. The van der Waals surface area contributed by atoms with Crippen molar-refractivity contribution in [2.24, 2.45) is 0 Å². The third-order valence-corrected chi connectivity index (χ3v) is 10.2. The molecule has 0 aliphatic heterocycles. The Hall–Kier alpha value is -7.30. The van der Waals surface area contributed by atoms with Crippen molar-refractivity contribution in [2.45, 2.75) is 6.92 Å². The van der Waals surface area contributed by atoms with E-state index in [9.17, 15) is 0 Å². The average molecular weight is 709 g/mol. The Labute approximate surface area is 321 Å². The first kappa shape index (κ1) is 33.5. The van der Waals surface area contributed by atoms with E-state index in [4.69, 9.17) is 5.73 Å². The number of fused-ring (bicyclic) bond motifs is 4. The van der Waals surface area contributed by atoms with Crippen LogP contribution in [0.15, 0.2) is 206 Å². The van der Waals surface area contributed by atoms with Gasteiger partial charge in [0.15, 0.2) is 0 Å². The molecule has 2 aromatic heterocycles. The maximum Gasteiger partial charge on any atom is 0.133 e. The Morgan fingerprint density at radius 1 is 0.382 bits per heavy atom. The summed E-state index contributed by atoms with van der Waals surface area (Å²) in [6.07, 6.45) is 0. The summed E-state index contributed by atoms with van der Waals surface area (Å²) in [5, 5.41) is 7.09. The van der Waals surface area contributed by atoms with Gasteiger partial charge in [-0.1, -0.05) is 151 Å². The van der Waals surface area contributed by atoms with Crippen LogP contribution in [0.5, 0.6) is 0 Å². The smallest absolute Gasteiger partial charge is 0.133 e. The highest BCUT2D eigenvalue weighted by Crippen LogP contribution is 2.43. The summed E-state index contributed by atoms with van der Waals surface area (Å²) in [4.78, 5) is 0. The van der Waals surface area contributed by atoms with Gasteiger partial charge in [0.2, 0.25) is 0 Å². The van der Waals surface area contributed by atoms with Crippen LogP contribution in [0.1, 0.15) is 5.56 Å². The van der Waals surface area contributed by atoms with Gasteiger partial charge < -0.3 is 15.6 Å². The van der Waals surface area contributed by atoms with Crippen molar-refractivity contribution in [3.8, 4) is 33.6 Å². The molecule has 0 amide bonds. The van der Waals surface area contributed by atoms with E-state index in [0.717, 1.165) is 44.7 Å². The summed E-state index contributed by atoms with van der Waals surface area (Å²) >= 11 is 0. The van der Waals surface area contributed by atoms with Gasteiger partial charge in [0.25, 0.3) is 0 Å². The SMILES string of the molecule is Cc1ccccc1.Nc1c(Nc2ccccc2)c2cc3c(cc2n1-c1ccccc1)c1ccccc1n3-c1cc(-c2ccccc2)cc(-c2ccccc2)c1. The molecule has 4 nitrogen and oxygen atoms in total. The number of hydrogen-bond donors (Lipinski definition) is 2. The van der Waals surface area contributed by atoms with Gasteiger partial charge in [-0.15, -0.1) is 0 Å². The molecular formula is C51H40N4. The Morgan fingerprint density at radius 2 is 0.873 bits per heavy atom. The molecule has 0 atom stereocenters. The van der Waals surface area contributed by atoms with Crippen LogP contribution in [0.2, 0.25) is 0 Å². The van der Waals surface area contributed by atoms with Crippen LogP contribution < -0.4 is 11.1 Å². The maximum absolute atomic E-state index is 7.05. The van der Waals surface area contributed by atoms with Crippen LogP contribution in [0.3, 0.4) is 0 Å². The first-order chi connectivity index (χ1) is 27.1. The number of nitrogens with two attached hydrogens (primary N) is 1. The molecule has 0 aliphatic carbocycles. The molecule has 0 aliphatic rings. The third kappa shape index (κ3) is 6.51. The summed E-state index contributed by atoms with van der Waals surface area (Å²) in [6.45, 7) is 2.08. The molecule has 2 heterocycles. The Balaban J connectivity index is 0.000000513. The lowest BCUT2D eigenvalue weighted by Crippen LogP contribution is -2.01. The lowest BCUT2D eigenvalue weighted by molar-refractivity contribution is 1.14. The molecule has 10 rings (SSSR count). The number of hydrogen-bond acceptors (Lipinski definition) is 2. The zero-order valence-electron chi connectivity index (χ0n) is 30.6. The van der Waals surface area contributed by atoms with E-state index in [-0.39, 0.29) is 0 Å². The van der Waals surface area contributed by atoms with Crippen LogP contribution in [-0.4, -0.2) is 9.13 Å². The van der Waals surface area contributed by atoms with E-state index in [1.54, 1.807) is 0 Å². The minimum Gasteiger partial charge on any atom is -0.383 e. The number of rotatable bonds is 6. The largest absolute Gasteiger partial charge is 0.383 e. The predicted molar refractivity (Wildman–Crippen MR) is 234 cm³/mol. The summed E-state index contributed by atoms with van der Waals surface area (Å²) in [6, 6.07) is 72.3. The molecule has 0 spiro atoms. The molecule has 0 radical (unpaired) electrons. The summed E-state index contributed by atoms with van der Waals surface area (Å²) < 4.78 is 4.57. The number of nitrogens with one attached hydrogen (secondary N) is 1. The molecular weight excluding hydrogens is 669 g/mol. The lowest BCUT2D eigenvalue weighted by Gasteiger charge is -2.14. The van der Waals surface area contributed by atoms with E-state index in [2.05, 4.69) is 185 Å². The number of para-hydroxylation sites is 3. The fraction of sp³-hybridized carbons (Fsp3) is 0.0196. The Kier molecular flexibility index (Phi) is 8.91. The van der Waals surface area contributed by atoms with Gasteiger partial charge in [-0.05, 0) is 89.8 Å². The predicted octanol–water partition coefficient (Wildman–Crippen LogP) is 13.4. The van der Waals surface area contributed by atoms with E-state index < -0.39 is 0 Å². The minimum absolute atomic E-state index is 0.668. The van der Waals surface area contributed by atoms with Crippen LogP contribution in [0.25, 0.3) is 66.3 Å². The Morgan fingerprint density at radius 3 is 1.45 bits per heavy atom. The van der Waals surface area contributed by atoms with Crippen LogP contribution in [0.4, 0.5) is 17.2 Å². The van der Waals surface area contributed by atoms with Crippen molar-refractivity contribution in [1.29, 1.82) is 0 Å². The van der Waals surface area contributed by atoms with Crippen molar-refractivity contribution in [3.05, 3.63) is 212 Å². The van der Waals surface area contributed by atoms with Crippen molar-refractivity contribution in [3.63, 3.8) is 0 Å². The number of aromatic nitrogens is 2. The summed E-state index contributed by atoms with van der Waals surface area (Å²) in [5.41, 5.74) is 20.4. The number of nitrogens with zero attached hydrogens (tertiary/aromatic N) is 2. The third-order valence-electron chi connectivity index (χ3n) is 10.2. The van der Waals surface area contributed by atoms with Gasteiger partial charge >= 0.3 is 0 Å². The molecule has 3 N–H and O–H groups in total. The van der Waals surface area contributed by atoms with E-state index >= 15 is 0 Å². The van der Waals surface area contributed by atoms with Crippen LogP contribution >= 0.6 is 0 Å². The highest BCUT2D eigenvalue weighted by atomic mass is 15.1. The number of aryl methyl sites for hydroxylation is 1. The molecule has 0 fully saturated rings. The monoisotopic (exact) mass is 708 g/mol. The van der Waals surface area contributed by atoms with Gasteiger partial charge in [0, 0.05) is 33.2 Å². The zero-order chi connectivity index (χ0) is 37.1. The van der Waals surface area contributed by atoms with Crippen LogP contribution in [-0.2, 0) is 0 Å². The topological polar surface area (TPSA) is 47.9 Å². The van der Waals surface area contributed by atoms with Gasteiger partial charge in [-0.2, -0.15) is 0 Å². The van der Waals surface area contributed by atoms with Crippen molar-refractivity contribution >= 4 is 49.9 Å². The lowest BCUT2D eigenvalue weighted by atomic mass is 9.98. The van der Waals surface area contributed by atoms with Crippen molar-refractivity contribution in [1.82, 2.24) is 9.13 Å². The maximum atomic E-state index is 7.05. The zero-order valence-corrected chi connectivity index (χ0v) is 30.6. The second-order valence-corrected chi connectivity index (χ2v) is 13.8. The molecule has 8 aromatic carbocycles. The first-order valence-corrected chi connectivity index (χ1v) is 18.6. The second-order valence-electron chi connectivity index (χ2n) is 13.8. The van der Waals surface area contributed by atoms with Gasteiger partial charge in [-0.25, -0.2) is 0 Å². The first-order valence-electron chi connectivity index (χ1n) is 18.6. The summed E-state index contributed by atoms with van der Waals surface area (Å²) in [5.74, 6) is 0.668. The van der Waals surface area contributed by atoms with E-state index in [1.165, 1.54) is 38.6 Å². The summed E-state index contributed by atoms with van der Waals surface area (Å²) in [7, 11) is 0. The number of anilines is 3. The normalized spacial score (nSPS) is 11.1. The highest BCUT2D eigenvalue weighted by molar-refractivity contribution is 6.17. The molecule has 0 unspecified atom stereocenters. The van der Waals surface area contributed by atoms with E-state index in [0.29, 0.717) is 5.82 Å². The molecule has 55 heavy (non-hydrogen) atoms. The van der Waals surface area contributed by atoms with Crippen LogP contribution in [0, 0.1) is 6.92 Å².